The lowest BCUT2D eigenvalue weighted by atomic mass is 9.86. The zero-order valence-corrected chi connectivity index (χ0v) is 11.9. The molecule has 4 nitrogen and oxygen atoms in total. The minimum Gasteiger partial charge on any atom is -0.375 e. The van der Waals surface area contributed by atoms with Crippen molar-refractivity contribution in [1.82, 2.24) is 9.97 Å². The number of nitrogens with zero attached hydrogens (tertiary/aromatic N) is 2. The van der Waals surface area contributed by atoms with Gasteiger partial charge < -0.3 is 10.1 Å². The van der Waals surface area contributed by atoms with Crippen molar-refractivity contribution in [2.24, 2.45) is 0 Å². The van der Waals surface area contributed by atoms with Crippen LogP contribution in [-0.2, 0) is 4.74 Å². The number of ether oxygens (including phenoxy) is 1. The Bertz CT molecular complexity index is 435. The van der Waals surface area contributed by atoms with Gasteiger partial charge in [0, 0.05) is 12.6 Å². The largest absolute Gasteiger partial charge is 0.375 e. The van der Waals surface area contributed by atoms with E-state index in [2.05, 4.69) is 29.1 Å². The van der Waals surface area contributed by atoms with Gasteiger partial charge in [-0.1, -0.05) is 13.8 Å². The summed E-state index contributed by atoms with van der Waals surface area (Å²) in [6, 6.07) is 0.206. The average Bonchev–Trinajstić information content (AvgIpc) is 2.44. The number of aryl methyl sites for hydroxylation is 1. The van der Waals surface area contributed by atoms with Gasteiger partial charge in [0.25, 0.3) is 0 Å². The normalized spacial score (nSPS) is 22.2. The summed E-state index contributed by atoms with van der Waals surface area (Å²) in [5.74, 6) is -0.0481. The quantitative estimate of drug-likeness (QED) is 0.910. The third-order valence-electron chi connectivity index (χ3n) is 4.09. The fraction of sp³-hybridized carbons (Fsp3) is 0.714. The Morgan fingerprint density at radius 1 is 1.42 bits per heavy atom. The minimum atomic E-state index is -0.354. The average molecular weight is 267 g/mol. The smallest absolute Gasteiger partial charge is 0.186 e. The van der Waals surface area contributed by atoms with Crippen molar-refractivity contribution in [2.45, 2.75) is 58.1 Å². The second kappa shape index (κ2) is 5.82. The van der Waals surface area contributed by atoms with Crippen LogP contribution in [0.4, 0.5) is 10.2 Å². The Hall–Kier alpha value is -1.23. The van der Waals surface area contributed by atoms with Crippen LogP contribution in [0.5, 0.6) is 0 Å². The van der Waals surface area contributed by atoms with Gasteiger partial charge in [-0.2, -0.15) is 0 Å². The van der Waals surface area contributed by atoms with Gasteiger partial charge in [-0.3, -0.25) is 0 Å². The zero-order chi connectivity index (χ0) is 13.9. The van der Waals surface area contributed by atoms with Crippen LogP contribution in [0.2, 0.25) is 0 Å². The predicted molar refractivity (Wildman–Crippen MR) is 72.6 cm³/mol. The molecule has 0 bridgehead atoms. The first-order chi connectivity index (χ1) is 9.10. The van der Waals surface area contributed by atoms with Crippen LogP contribution >= 0.6 is 0 Å². The second-order valence-corrected chi connectivity index (χ2v) is 5.19. The van der Waals surface area contributed by atoms with Gasteiger partial charge in [0.1, 0.15) is 6.33 Å². The fourth-order valence-corrected chi connectivity index (χ4v) is 2.65. The van der Waals surface area contributed by atoms with Crippen molar-refractivity contribution < 1.29 is 9.13 Å². The van der Waals surface area contributed by atoms with Gasteiger partial charge in [-0.05, 0) is 32.6 Å². The summed E-state index contributed by atoms with van der Waals surface area (Å²) >= 11 is 0. The maximum absolute atomic E-state index is 13.9. The van der Waals surface area contributed by atoms with Gasteiger partial charge in [0.05, 0.1) is 11.3 Å². The van der Waals surface area contributed by atoms with Crippen molar-refractivity contribution in [3.63, 3.8) is 0 Å². The molecule has 0 radical (unpaired) electrons. The Labute approximate surface area is 113 Å². The molecule has 0 aliphatic carbocycles. The zero-order valence-electron chi connectivity index (χ0n) is 11.9. The van der Waals surface area contributed by atoms with Crippen molar-refractivity contribution in [3.8, 4) is 0 Å². The SMILES string of the molecule is CCC1(CC)CC(Nc2ncnc(C)c2F)CCO1. The van der Waals surface area contributed by atoms with E-state index in [9.17, 15) is 4.39 Å². The third kappa shape index (κ3) is 3.03. The van der Waals surface area contributed by atoms with Crippen LogP contribution in [-0.4, -0.2) is 28.2 Å². The Morgan fingerprint density at radius 2 is 2.16 bits per heavy atom. The number of nitrogens with one attached hydrogen (secondary N) is 1. The van der Waals surface area contributed by atoms with E-state index in [4.69, 9.17) is 4.74 Å². The van der Waals surface area contributed by atoms with Gasteiger partial charge in [-0.15, -0.1) is 0 Å². The molecule has 2 rings (SSSR count). The van der Waals surface area contributed by atoms with Gasteiger partial charge in [-0.25, -0.2) is 14.4 Å². The van der Waals surface area contributed by atoms with E-state index in [-0.39, 0.29) is 17.5 Å². The predicted octanol–water partition coefficient (Wildman–Crippen LogP) is 3.07. The first-order valence-corrected chi connectivity index (χ1v) is 6.98. The molecule has 1 aliphatic heterocycles. The number of anilines is 1. The number of halogens is 1. The Kier molecular flexibility index (Phi) is 4.34. The lowest BCUT2D eigenvalue weighted by Gasteiger charge is -2.40. The number of hydrogen-bond acceptors (Lipinski definition) is 4. The maximum atomic E-state index is 13.9. The summed E-state index contributed by atoms with van der Waals surface area (Å²) in [6.45, 7) is 6.64. The lowest BCUT2D eigenvalue weighted by molar-refractivity contribution is -0.0865. The van der Waals surface area contributed by atoms with Crippen LogP contribution in [0.25, 0.3) is 0 Å². The van der Waals surface area contributed by atoms with Crippen molar-refractivity contribution >= 4 is 5.82 Å². The highest BCUT2D eigenvalue weighted by Crippen LogP contribution is 2.32. The van der Waals surface area contributed by atoms with Gasteiger partial charge >= 0.3 is 0 Å². The Balaban J connectivity index is 2.09. The molecule has 106 valence electrons. The minimum absolute atomic E-state index is 0.0749. The molecule has 1 unspecified atom stereocenters. The van der Waals surface area contributed by atoms with Crippen LogP contribution in [0.1, 0.15) is 45.2 Å². The molecule has 19 heavy (non-hydrogen) atoms. The highest BCUT2D eigenvalue weighted by atomic mass is 19.1. The van der Waals surface area contributed by atoms with E-state index in [1.807, 2.05) is 0 Å². The summed E-state index contributed by atoms with van der Waals surface area (Å²) in [6.07, 6.45) is 5.12. The van der Waals surface area contributed by atoms with Crippen molar-refractivity contribution in [1.29, 1.82) is 0 Å². The molecule has 1 atom stereocenters. The van der Waals surface area contributed by atoms with Gasteiger partial charge in [0.15, 0.2) is 11.6 Å². The first kappa shape index (κ1) is 14.2. The monoisotopic (exact) mass is 267 g/mol. The van der Waals surface area contributed by atoms with Crippen LogP contribution < -0.4 is 5.32 Å². The highest BCUT2D eigenvalue weighted by molar-refractivity contribution is 5.38. The standard InChI is InChI=1S/C14H22FN3O/c1-4-14(5-2)8-11(6-7-19-14)18-13-12(15)10(3)16-9-17-13/h9,11H,4-8H2,1-3H3,(H,16,17,18). The summed E-state index contributed by atoms with van der Waals surface area (Å²) in [7, 11) is 0. The second-order valence-electron chi connectivity index (χ2n) is 5.19. The molecule has 0 amide bonds. The molecule has 1 aromatic heterocycles. The van der Waals surface area contributed by atoms with Crippen LogP contribution in [0.15, 0.2) is 6.33 Å². The first-order valence-electron chi connectivity index (χ1n) is 6.98. The molecule has 0 saturated carbocycles. The highest BCUT2D eigenvalue weighted by Gasteiger charge is 2.34. The van der Waals surface area contributed by atoms with E-state index in [0.717, 1.165) is 25.7 Å². The van der Waals surface area contributed by atoms with E-state index < -0.39 is 0 Å². The summed E-state index contributed by atoms with van der Waals surface area (Å²) in [4.78, 5) is 7.84. The van der Waals surface area contributed by atoms with Crippen LogP contribution in [0, 0.1) is 12.7 Å². The molecule has 0 spiro atoms. The van der Waals surface area contributed by atoms with Gasteiger partial charge in [0.2, 0.25) is 0 Å². The number of rotatable bonds is 4. The number of aromatic nitrogens is 2. The summed E-state index contributed by atoms with van der Waals surface area (Å²) < 4.78 is 19.8. The molecule has 1 aromatic rings. The van der Waals surface area contributed by atoms with E-state index >= 15 is 0 Å². The molecule has 1 N–H and O–H groups in total. The van der Waals surface area contributed by atoms with E-state index in [1.54, 1.807) is 6.92 Å². The molecule has 1 fully saturated rings. The molecular formula is C14H22FN3O. The van der Waals surface area contributed by atoms with Crippen LogP contribution in [0.3, 0.4) is 0 Å². The number of hydrogen-bond donors (Lipinski definition) is 1. The Morgan fingerprint density at radius 3 is 2.84 bits per heavy atom. The molecule has 1 saturated heterocycles. The lowest BCUT2D eigenvalue weighted by Crippen LogP contribution is -2.43. The molecule has 0 aromatic carbocycles. The summed E-state index contributed by atoms with van der Waals surface area (Å²) in [5.41, 5.74) is 0.302. The molecule has 1 aliphatic rings. The molecule has 5 heteroatoms. The van der Waals surface area contributed by atoms with Crippen molar-refractivity contribution in [3.05, 3.63) is 17.8 Å². The molecule has 2 heterocycles. The third-order valence-corrected chi connectivity index (χ3v) is 4.09. The molecular weight excluding hydrogens is 245 g/mol. The summed E-state index contributed by atoms with van der Waals surface area (Å²) in [5, 5.41) is 3.21. The fourth-order valence-electron chi connectivity index (χ4n) is 2.65. The maximum Gasteiger partial charge on any atom is 0.186 e. The van der Waals surface area contributed by atoms with E-state index in [0.29, 0.717) is 18.1 Å². The van der Waals surface area contributed by atoms with E-state index in [1.165, 1.54) is 6.33 Å². The topological polar surface area (TPSA) is 47.0 Å². The van der Waals surface area contributed by atoms with Crippen molar-refractivity contribution in [2.75, 3.05) is 11.9 Å².